The van der Waals surface area contributed by atoms with Gasteiger partial charge in [-0.25, -0.2) is 0 Å². The van der Waals surface area contributed by atoms with Crippen molar-refractivity contribution in [2.75, 3.05) is 20.2 Å². The zero-order valence-electron chi connectivity index (χ0n) is 7.02. The molecule has 0 aliphatic carbocycles. The Kier molecular flexibility index (Phi) is 4.71. The number of esters is 1. The summed E-state index contributed by atoms with van der Waals surface area (Å²) in [5.74, 6) is -0.799. The van der Waals surface area contributed by atoms with Crippen LogP contribution in [0.25, 0.3) is 0 Å². The molecular weight excluding hydrogens is 189 g/mol. The van der Waals surface area contributed by atoms with Crippen molar-refractivity contribution in [3.8, 4) is 0 Å². The van der Waals surface area contributed by atoms with Gasteiger partial charge in [0.2, 0.25) is 0 Å². The molecule has 0 aromatic carbocycles. The second kappa shape index (κ2) is 5.03. The molecule has 0 aliphatic heterocycles. The van der Waals surface area contributed by atoms with E-state index >= 15 is 0 Å². The summed E-state index contributed by atoms with van der Waals surface area (Å²) in [5, 5.41) is 1.94. The second-order valence-electron chi connectivity index (χ2n) is 2.31. The smallest absolute Gasteiger partial charge is 0.401 e. The molecule has 78 valence electrons. The highest BCUT2D eigenvalue weighted by Gasteiger charge is 2.29. The number of halogens is 3. The first kappa shape index (κ1) is 12.2. The average molecular weight is 200 g/mol. The minimum absolute atomic E-state index is 0.233. The molecule has 7 heteroatoms. The van der Waals surface area contributed by atoms with Gasteiger partial charge in [0.25, 0.3) is 0 Å². The van der Waals surface area contributed by atoms with Crippen LogP contribution in [0.4, 0.5) is 13.2 Å². The second-order valence-corrected chi connectivity index (χ2v) is 2.31. The zero-order valence-corrected chi connectivity index (χ0v) is 7.02. The summed E-state index contributed by atoms with van der Waals surface area (Å²) >= 11 is 0. The van der Waals surface area contributed by atoms with E-state index in [-0.39, 0.29) is 6.54 Å². The quantitative estimate of drug-likeness (QED) is 0.608. The summed E-state index contributed by atoms with van der Waals surface area (Å²) in [6, 6.07) is -1.10. The molecule has 0 aromatic heterocycles. The van der Waals surface area contributed by atoms with Crippen LogP contribution in [-0.4, -0.2) is 38.4 Å². The van der Waals surface area contributed by atoms with Crippen LogP contribution in [0.2, 0.25) is 0 Å². The molecular formula is C6H11F3N2O2. The number of ether oxygens (including phenoxy) is 1. The number of carbonyl (C=O) groups excluding carboxylic acids is 1. The van der Waals surface area contributed by atoms with Crippen LogP contribution in [0.5, 0.6) is 0 Å². The fraction of sp³-hybridized carbons (Fsp3) is 0.833. The normalized spacial score (nSPS) is 13.9. The number of hydrogen-bond acceptors (Lipinski definition) is 4. The van der Waals surface area contributed by atoms with E-state index in [1.165, 1.54) is 0 Å². The van der Waals surface area contributed by atoms with Gasteiger partial charge in [0.05, 0.1) is 13.7 Å². The molecule has 0 fully saturated rings. The van der Waals surface area contributed by atoms with Crippen molar-refractivity contribution >= 4 is 5.97 Å². The molecule has 0 aliphatic rings. The van der Waals surface area contributed by atoms with Crippen molar-refractivity contribution in [1.82, 2.24) is 5.32 Å². The molecule has 4 nitrogen and oxygen atoms in total. The number of carbonyl (C=O) groups is 1. The molecule has 0 heterocycles. The summed E-state index contributed by atoms with van der Waals surface area (Å²) in [7, 11) is 1.08. The van der Waals surface area contributed by atoms with Gasteiger partial charge in [-0.3, -0.25) is 10.1 Å². The molecule has 0 amide bonds. The highest BCUT2D eigenvalue weighted by molar-refractivity contribution is 5.75. The van der Waals surface area contributed by atoms with Gasteiger partial charge in [0, 0.05) is 6.54 Å². The van der Waals surface area contributed by atoms with E-state index in [1.807, 2.05) is 5.32 Å². The third-order valence-electron chi connectivity index (χ3n) is 1.27. The van der Waals surface area contributed by atoms with Gasteiger partial charge in [0.1, 0.15) is 6.04 Å². The van der Waals surface area contributed by atoms with Gasteiger partial charge in [-0.2, -0.15) is 13.2 Å². The van der Waals surface area contributed by atoms with Crippen molar-refractivity contribution in [2.24, 2.45) is 5.73 Å². The Hall–Kier alpha value is -0.820. The number of hydrogen-bond donors (Lipinski definition) is 2. The van der Waals surface area contributed by atoms with E-state index in [4.69, 9.17) is 5.73 Å². The first-order valence-corrected chi connectivity index (χ1v) is 3.48. The molecule has 0 bridgehead atoms. The largest absolute Gasteiger partial charge is 0.468 e. The SMILES string of the molecule is COC(=O)C(CN)NCC(F)(F)F. The van der Waals surface area contributed by atoms with Crippen LogP contribution in [0.15, 0.2) is 0 Å². The van der Waals surface area contributed by atoms with Crippen LogP contribution in [0.3, 0.4) is 0 Å². The van der Waals surface area contributed by atoms with E-state index in [0.29, 0.717) is 0 Å². The molecule has 0 aromatic rings. The molecule has 3 N–H and O–H groups in total. The number of methoxy groups -OCH3 is 1. The van der Waals surface area contributed by atoms with Crippen LogP contribution in [0.1, 0.15) is 0 Å². The number of nitrogens with one attached hydrogen (secondary N) is 1. The summed E-state index contributed by atoms with van der Waals surface area (Å²) in [6.07, 6.45) is -4.36. The van der Waals surface area contributed by atoms with Crippen molar-refractivity contribution < 1.29 is 22.7 Å². The lowest BCUT2D eigenvalue weighted by molar-refractivity contribution is -0.146. The van der Waals surface area contributed by atoms with E-state index in [0.717, 1.165) is 7.11 Å². The maximum Gasteiger partial charge on any atom is 0.401 e. The van der Waals surface area contributed by atoms with Crippen LogP contribution < -0.4 is 11.1 Å². The minimum Gasteiger partial charge on any atom is -0.468 e. The Morgan fingerprint density at radius 3 is 2.46 bits per heavy atom. The Bertz CT molecular complexity index is 172. The van der Waals surface area contributed by atoms with Gasteiger partial charge in [-0.1, -0.05) is 0 Å². The molecule has 0 rings (SSSR count). The molecule has 0 saturated carbocycles. The minimum atomic E-state index is -4.36. The summed E-state index contributed by atoms with van der Waals surface area (Å²) in [6.45, 7) is -1.49. The van der Waals surface area contributed by atoms with Crippen molar-refractivity contribution in [3.05, 3.63) is 0 Å². The highest BCUT2D eigenvalue weighted by Crippen LogP contribution is 2.12. The Morgan fingerprint density at radius 1 is 1.62 bits per heavy atom. The first-order chi connectivity index (χ1) is 5.90. The van der Waals surface area contributed by atoms with Crippen LogP contribution in [0, 0.1) is 0 Å². The number of rotatable bonds is 4. The maximum absolute atomic E-state index is 11.7. The third kappa shape index (κ3) is 5.42. The molecule has 0 spiro atoms. The summed E-state index contributed by atoms with van der Waals surface area (Å²) < 4.78 is 39.2. The summed E-state index contributed by atoms with van der Waals surface area (Å²) in [4.78, 5) is 10.7. The summed E-state index contributed by atoms with van der Waals surface area (Å²) in [5.41, 5.74) is 5.05. The number of alkyl halides is 3. The maximum atomic E-state index is 11.7. The monoisotopic (exact) mass is 200 g/mol. The van der Waals surface area contributed by atoms with Crippen molar-refractivity contribution in [2.45, 2.75) is 12.2 Å². The van der Waals surface area contributed by atoms with Gasteiger partial charge in [0.15, 0.2) is 0 Å². The van der Waals surface area contributed by atoms with Crippen molar-refractivity contribution in [3.63, 3.8) is 0 Å². The molecule has 0 saturated heterocycles. The van der Waals surface area contributed by atoms with Gasteiger partial charge < -0.3 is 10.5 Å². The van der Waals surface area contributed by atoms with E-state index < -0.39 is 24.7 Å². The van der Waals surface area contributed by atoms with Gasteiger partial charge >= 0.3 is 12.1 Å². The lowest BCUT2D eigenvalue weighted by atomic mass is 10.3. The lowest BCUT2D eigenvalue weighted by Gasteiger charge is -2.15. The lowest BCUT2D eigenvalue weighted by Crippen LogP contribution is -2.46. The Balaban J connectivity index is 3.93. The molecule has 0 radical (unpaired) electrons. The molecule has 1 unspecified atom stereocenters. The van der Waals surface area contributed by atoms with Crippen molar-refractivity contribution in [1.29, 1.82) is 0 Å². The van der Waals surface area contributed by atoms with Crippen LogP contribution in [-0.2, 0) is 9.53 Å². The first-order valence-electron chi connectivity index (χ1n) is 3.48. The predicted molar refractivity (Wildman–Crippen MR) is 38.9 cm³/mol. The molecule has 13 heavy (non-hydrogen) atoms. The predicted octanol–water partition coefficient (Wildman–Crippen LogP) is -0.361. The fourth-order valence-electron chi connectivity index (χ4n) is 0.644. The Labute approximate surface area is 73.2 Å². The fourth-order valence-corrected chi connectivity index (χ4v) is 0.644. The average Bonchev–Trinajstić information content (AvgIpc) is 2.03. The molecule has 1 atom stereocenters. The van der Waals surface area contributed by atoms with E-state index in [9.17, 15) is 18.0 Å². The van der Waals surface area contributed by atoms with E-state index in [2.05, 4.69) is 4.74 Å². The van der Waals surface area contributed by atoms with Gasteiger partial charge in [-0.15, -0.1) is 0 Å². The van der Waals surface area contributed by atoms with E-state index in [1.54, 1.807) is 0 Å². The third-order valence-corrected chi connectivity index (χ3v) is 1.27. The van der Waals surface area contributed by atoms with Gasteiger partial charge in [-0.05, 0) is 0 Å². The number of nitrogens with two attached hydrogens (primary N) is 1. The standard InChI is InChI=1S/C6H11F3N2O2/c1-13-5(12)4(2-10)11-3-6(7,8)9/h4,11H,2-3,10H2,1H3. The topological polar surface area (TPSA) is 64.3 Å². The Morgan fingerprint density at radius 2 is 2.15 bits per heavy atom. The highest BCUT2D eigenvalue weighted by atomic mass is 19.4. The van der Waals surface area contributed by atoms with Crippen LogP contribution >= 0.6 is 0 Å². The zero-order chi connectivity index (χ0) is 10.5.